The van der Waals surface area contributed by atoms with Gasteiger partial charge in [0, 0.05) is 17.1 Å². The molecule has 0 bridgehead atoms. The van der Waals surface area contributed by atoms with Crippen molar-refractivity contribution in [2.75, 3.05) is 10.8 Å². The van der Waals surface area contributed by atoms with Gasteiger partial charge in [-0.2, -0.15) is 0 Å². The molecule has 0 radical (unpaired) electrons. The Morgan fingerprint density at radius 1 is 0.950 bits per heavy atom. The van der Waals surface area contributed by atoms with Gasteiger partial charge in [0.05, 0.1) is 15.6 Å². The lowest BCUT2D eigenvalue weighted by atomic mass is 10.0. The van der Waals surface area contributed by atoms with Crippen molar-refractivity contribution in [1.82, 2.24) is 10.2 Å². The summed E-state index contributed by atoms with van der Waals surface area (Å²) in [5.41, 5.74) is 1.39. The predicted molar refractivity (Wildman–Crippen MR) is 161 cm³/mol. The lowest BCUT2D eigenvalue weighted by molar-refractivity contribution is -0.141. The van der Waals surface area contributed by atoms with E-state index < -0.39 is 34.1 Å². The van der Waals surface area contributed by atoms with Crippen molar-refractivity contribution in [1.29, 1.82) is 0 Å². The average molecular weight is 605 g/mol. The molecular weight excluding hydrogens is 569 g/mol. The second-order valence-corrected chi connectivity index (χ2v) is 13.3. The van der Waals surface area contributed by atoms with Crippen LogP contribution in [0.5, 0.6) is 0 Å². The fourth-order valence-electron chi connectivity index (χ4n) is 4.30. The zero-order valence-corrected chi connectivity index (χ0v) is 25.6. The minimum absolute atomic E-state index is 0.00318. The molecule has 7 nitrogen and oxygen atoms in total. The molecule has 0 saturated carbocycles. The number of rotatable bonds is 10. The van der Waals surface area contributed by atoms with Crippen LogP contribution in [0.25, 0.3) is 0 Å². The Hall–Kier alpha value is -3.07. The second kappa shape index (κ2) is 13.1. The summed E-state index contributed by atoms with van der Waals surface area (Å²) < 4.78 is 28.7. The van der Waals surface area contributed by atoms with Crippen LogP contribution >= 0.6 is 23.2 Å². The highest BCUT2D eigenvalue weighted by Gasteiger charge is 2.35. The van der Waals surface area contributed by atoms with Crippen molar-refractivity contribution in [3.8, 4) is 0 Å². The van der Waals surface area contributed by atoms with Crippen LogP contribution in [0.2, 0.25) is 10.0 Å². The van der Waals surface area contributed by atoms with E-state index >= 15 is 0 Å². The monoisotopic (exact) mass is 603 g/mol. The molecule has 40 heavy (non-hydrogen) atoms. The molecule has 1 atom stereocenters. The molecule has 2 amide bonds. The summed E-state index contributed by atoms with van der Waals surface area (Å²) in [5.74, 6) is -0.874. The van der Waals surface area contributed by atoms with Crippen LogP contribution < -0.4 is 9.62 Å². The van der Waals surface area contributed by atoms with Crippen LogP contribution in [0.3, 0.4) is 0 Å². The number of benzene rings is 3. The van der Waals surface area contributed by atoms with E-state index in [2.05, 4.69) is 5.32 Å². The second-order valence-electron chi connectivity index (χ2n) is 10.6. The van der Waals surface area contributed by atoms with Crippen molar-refractivity contribution >= 4 is 50.7 Å². The van der Waals surface area contributed by atoms with E-state index in [1.165, 1.54) is 35.2 Å². The standard InChI is InChI=1S/C30H35Cl2N3O4S/c1-6-26(29(37)33-30(3,4)5)34(19-22-12-10-11-21(2)17-22)28(36)20-35(27-16-15-23(31)18-25(27)32)40(38,39)24-13-8-7-9-14-24/h7-18,26H,6,19-20H2,1-5H3,(H,33,37). The number of aryl methyl sites for hydroxylation is 1. The van der Waals surface area contributed by atoms with Crippen LogP contribution in [0.4, 0.5) is 5.69 Å². The van der Waals surface area contributed by atoms with Gasteiger partial charge >= 0.3 is 0 Å². The third kappa shape index (κ3) is 7.99. The molecule has 0 aliphatic rings. The zero-order chi connectivity index (χ0) is 29.7. The van der Waals surface area contributed by atoms with Crippen molar-refractivity contribution in [3.05, 3.63) is 94.0 Å². The molecule has 214 valence electrons. The van der Waals surface area contributed by atoms with Crippen molar-refractivity contribution in [2.45, 2.75) is 64.1 Å². The maximum absolute atomic E-state index is 14.1. The molecule has 3 aromatic carbocycles. The summed E-state index contributed by atoms with van der Waals surface area (Å²) in [4.78, 5) is 28.9. The van der Waals surface area contributed by atoms with Crippen molar-refractivity contribution < 1.29 is 18.0 Å². The first-order valence-electron chi connectivity index (χ1n) is 12.9. The number of anilines is 1. The third-order valence-electron chi connectivity index (χ3n) is 6.11. The van der Waals surface area contributed by atoms with Gasteiger partial charge in [-0.3, -0.25) is 13.9 Å². The maximum Gasteiger partial charge on any atom is 0.264 e. The van der Waals surface area contributed by atoms with Gasteiger partial charge in [-0.25, -0.2) is 8.42 Å². The average Bonchev–Trinajstić information content (AvgIpc) is 2.87. The molecule has 0 heterocycles. The molecule has 0 aliphatic heterocycles. The van der Waals surface area contributed by atoms with Crippen LogP contribution in [0.15, 0.2) is 77.7 Å². The summed E-state index contributed by atoms with van der Waals surface area (Å²) in [6, 6.07) is 19.0. The molecule has 1 N–H and O–H groups in total. The van der Waals surface area contributed by atoms with Crippen LogP contribution in [-0.4, -0.2) is 43.3 Å². The number of hydrogen-bond donors (Lipinski definition) is 1. The Kier molecular flexibility index (Phi) is 10.3. The highest BCUT2D eigenvalue weighted by Crippen LogP contribution is 2.33. The third-order valence-corrected chi connectivity index (χ3v) is 8.42. The van der Waals surface area contributed by atoms with Crippen LogP contribution in [0.1, 0.15) is 45.2 Å². The molecule has 0 aliphatic carbocycles. The quantitative estimate of drug-likeness (QED) is 0.298. The Balaban J connectivity index is 2.10. The van der Waals surface area contributed by atoms with Gasteiger partial charge < -0.3 is 10.2 Å². The molecule has 1 unspecified atom stereocenters. The first-order valence-corrected chi connectivity index (χ1v) is 15.1. The lowest BCUT2D eigenvalue weighted by Crippen LogP contribution is -2.55. The van der Waals surface area contributed by atoms with Gasteiger partial charge in [-0.05, 0) is 70.0 Å². The van der Waals surface area contributed by atoms with E-state index in [-0.39, 0.29) is 28.1 Å². The maximum atomic E-state index is 14.1. The van der Waals surface area contributed by atoms with Crippen LogP contribution in [-0.2, 0) is 26.2 Å². The molecule has 0 saturated heterocycles. The minimum Gasteiger partial charge on any atom is -0.350 e. The van der Waals surface area contributed by atoms with E-state index in [1.807, 2.05) is 58.9 Å². The topological polar surface area (TPSA) is 86.8 Å². The number of hydrogen-bond acceptors (Lipinski definition) is 4. The van der Waals surface area contributed by atoms with E-state index in [4.69, 9.17) is 23.2 Å². The number of amides is 2. The SMILES string of the molecule is CCC(C(=O)NC(C)(C)C)N(Cc1cccc(C)c1)C(=O)CN(c1ccc(Cl)cc1Cl)S(=O)(=O)c1ccccc1. The number of halogens is 2. The fourth-order valence-corrected chi connectivity index (χ4v) is 6.31. The summed E-state index contributed by atoms with van der Waals surface area (Å²) in [5, 5.41) is 3.35. The van der Waals surface area contributed by atoms with E-state index in [9.17, 15) is 18.0 Å². The first kappa shape index (κ1) is 31.5. The Bertz CT molecular complexity index is 1460. The number of carbonyl (C=O) groups is 2. The normalized spacial score (nSPS) is 12.5. The van der Waals surface area contributed by atoms with Crippen LogP contribution in [0, 0.1) is 6.92 Å². The Labute approximate surface area is 247 Å². The van der Waals surface area contributed by atoms with Gasteiger partial charge in [-0.1, -0.05) is 78.2 Å². The number of sulfonamides is 1. The molecule has 0 spiro atoms. The van der Waals surface area contributed by atoms with E-state index in [1.54, 1.807) is 18.2 Å². The number of nitrogens with one attached hydrogen (secondary N) is 1. The van der Waals surface area contributed by atoms with Crippen molar-refractivity contribution in [2.24, 2.45) is 0 Å². The summed E-state index contributed by atoms with van der Waals surface area (Å²) in [6.07, 6.45) is 0.326. The Morgan fingerprint density at radius 2 is 1.62 bits per heavy atom. The van der Waals surface area contributed by atoms with Gasteiger partial charge in [-0.15, -0.1) is 0 Å². The molecule has 3 aromatic rings. The minimum atomic E-state index is -4.22. The Morgan fingerprint density at radius 3 is 2.20 bits per heavy atom. The first-order chi connectivity index (χ1) is 18.7. The molecule has 0 fully saturated rings. The highest BCUT2D eigenvalue weighted by molar-refractivity contribution is 7.92. The summed E-state index contributed by atoms with van der Waals surface area (Å²) in [6.45, 7) is 8.88. The molecule has 0 aromatic heterocycles. The molecule has 3 rings (SSSR count). The van der Waals surface area contributed by atoms with Gasteiger partial charge in [0.15, 0.2) is 0 Å². The predicted octanol–water partition coefficient (Wildman–Crippen LogP) is 6.22. The van der Waals surface area contributed by atoms with Gasteiger partial charge in [0.25, 0.3) is 10.0 Å². The molecule has 10 heteroatoms. The lowest BCUT2D eigenvalue weighted by Gasteiger charge is -2.35. The smallest absolute Gasteiger partial charge is 0.264 e. The van der Waals surface area contributed by atoms with Gasteiger partial charge in [0.2, 0.25) is 11.8 Å². The summed E-state index contributed by atoms with van der Waals surface area (Å²) >= 11 is 12.5. The fraction of sp³-hybridized carbons (Fsp3) is 0.333. The highest BCUT2D eigenvalue weighted by atomic mass is 35.5. The van der Waals surface area contributed by atoms with E-state index in [0.717, 1.165) is 15.4 Å². The van der Waals surface area contributed by atoms with E-state index in [0.29, 0.717) is 11.4 Å². The largest absolute Gasteiger partial charge is 0.350 e. The number of carbonyl (C=O) groups excluding carboxylic acids is 2. The molecular formula is C30H35Cl2N3O4S. The van der Waals surface area contributed by atoms with Crippen molar-refractivity contribution in [3.63, 3.8) is 0 Å². The van der Waals surface area contributed by atoms with Gasteiger partial charge in [0.1, 0.15) is 12.6 Å². The zero-order valence-electron chi connectivity index (χ0n) is 23.3. The summed E-state index contributed by atoms with van der Waals surface area (Å²) in [7, 11) is -4.22. The number of nitrogens with zero attached hydrogens (tertiary/aromatic N) is 2.